The van der Waals surface area contributed by atoms with Gasteiger partial charge in [-0.15, -0.1) is 0 Å². The molecule has 116 valence electrons. The summed E-state index contributed by atoms with van der Waals surface area (Å²) in [5.74, 6) is 0. The van der Waals surface area contributed by atoms with Gasteiger partial charge in [0.25, 0.3) is 5.56 Å². The zero-order valence-electron chi connectivity index (χ0n) is 11.6. The average Bonchev–Trinajstić information content (AvgIpc) is 2.53. The Balaban J connectivity index is 0.000000347. The molecular formula is C11H21CrN3O5. The van der Waals surface area contributed by atoms with E-state index in [4.69, 9.17) is 21.7 Å². The van der Waals surface area contributed by atoms with Crippen molar-refractivity contribution >= 4 is 5.69 Å². The van der Waals surface area contributed by atoms with Gasteiger partial charge >= 0.3 is 29.5 Å². The van der Waals surface area contributed by atoms with E-state index in [1.807, 2.05) is 23.3 Å². The monoisotopic (exact) mass is 327 g/mol. The molecule has 0 spiro atoms. The maximum atomic E-state index is 11.9. The minimum absolute atomic E-state index is 0.0121. The van der Waals surface area contributed by atoms with Crippen molar-refractivity contribution in [2.45, 2.75) is 45.1 Å². The van der Waals surface area contributed by atoms with Crippen molar-refractivity contribution < 1.29 is 29.5 Å². The van der Waals surface area contributed by atoms with Gasteiger partial charge in [-0.05, 0) is 19.8 Å². The second kappa shape index (κ2) is 6.54. The molecule has 1 aliphatic rings. The maximum absolute atomic E-state index is 11.9. The molecule has 20 heavy (non-hydrogen) atoms. The van der Waals surface area contributed by atoms with Crippen molar-refractivity contribution in [2.75, 3.05) is 5.73 Å². The summed E-state index contributed by atoms with van der Waals surface area (Å²) in [6.45, 7) is 1.90. The number of hydrogen-bond donors (Lipinski definition) is 3. The zero-order chi connectivity index (χ0) is 15.5. The normalized spacial score (nSPS) is 16.6. The topological polar surface area (TPSA) is 128 Å². The van der Waals surface area contributed by atoms with Crippen LogP contribution < -0.4 is 11.3 Å². The van der Waals surface area contributed by atoms with Crippen molar-refractivity contribution in [2.24, 2.45) is 7.05 Å². The Kier molecular flexibility index (Phi) is 5.53. The van der Waals surface area contributed by atoms with Crippen LogP contribution in [0.25, 0.3) is 0 Å². The third kappa shape index (κ3) is 4.45. The van der Waals surface area contributed by atoms with Gasteiger partial charge in [-0.1, -0.05) is 19.3 Å². The number of nitrogens with zero attached hydrogens (tertiary/aromatic N) is 2. The number of nitrogen functional groups attached to an aromatic ring is 1. The van der Waals surface area contributed by atoms with Crippen LogP contribution >= 0.6 is 0 Å². The number of anilines is 1. The summed E-state index contributed by atoms with van der Waals surface area (Å²) in [4.78, 5) is 11.9. The molecular weight excluding hydrogens is 306 g/mol. The molecule has 0 saturated heterocycles. The molecule has 1 heterocycles. The third-order valence-electron chi connectivity index (χ3n) is 3.56. The summed E-state index contributed by atoms with van der Waals surface area (Å²) >= 11 is -5.25. The Morgan fingerprint density at radius 3 is 2.00 bits per heavy atom. The first-order valence-electron chi connectivity index (χ1n) is 6.36. The summed E-state index contributed by atoms with van der Waals surface area (Å²) in [5, 5.41) is 0. The second-order valence-electron chi connectivity index (χ2n) is 4.91. The molecule has 1 aliphatic carbocycles. The number of rotatable bonds is 1. The number of nitrogens with two attached hydrogens (primary N) is 1. The van der Waals surface area contributed by atoms with E-state index in [1.165, 1.54) is 19.3 Å². The van der Waals surface area contributed by atoms with E-state index in [2.05, 4.69) is 0 Å². The van der Waals surface area contributed by atoms with Gasteiger partial charge in [0.05, 0.1) is 11.7 Å². The first-order valence-corrected chi connectivity index (χ1v) is 8.54. The summed E-state index contributed by atoms with van der Waals surface area (Å²) in [5.41, 5.74) is 7.03. The van der Waals surface area contributed by atoms with Crippen LogP contribution in [0.3, 0.4) is 0 Å². The minimum atomic E-state index is -5.25. The molecule has 1 fully saturated rings. The van der Waals surface area contributed by atoms with Crippen LogP contribution in [-0.4, -0.2) is 17.7 Å². The van der Waals surface area contributed by atoms with Crippen LogP contribution in [-0.2, 0) is 28.3 Å². The van der Waals surface area contributed by atoms with Gasteiger partial charge in [0, 0.05) is 7.05 Å². The molecule has 0 aliphatic heterocycles. The first kappa shape index (κ1) is 16.9. The van der Waals surface area contributed by atoms with Gasteiger partial charge in [0.1, 0.15) is 5.69 Å². The molecule has 0 aromatic carbocycles. The fraction of sp³-hybridized carbons (Fsp3) is 0.727. The van der Waals surface area contributed by atoms with Gasteiger partial charge < -0.3 is 5.73 Å². The Labute approximate surface area is 119 Å². The predicted octanol–water partition coefficient (Wildman–Crippen LogP) is 0.229. The summed E-state index contributed by atoms with van der Waals surface area (Å²) < 4.78 is 35.6. The molecule has 1 saturated carbocycles. The average molecular weight is 327 g/mol. The molecule has 1 aromatic heterocycles. The molecule has 0 atom stereocenters. The van der Waals surface area contributed by atoms with E-state index in [0.29, 0.717) is 11.7 Å². The molecule has 8 nitrogen and oxygen atoms in total. The molecule has 0 bridgehead atoms. The van der Waals surface area contributed by atoms with Crippen LogP contribution in [0.15, 0.2) is 4.79 Å². The molecule has 4 N–H and O–H groups in total. The van der Waals surface area contributed by atoms with Crippen LogP contribution in [0.1, 0.15) is 43.8 Å². The second-order valence-corrected chi connectivity index (χ2v) is 6.31. The van der Waals surface area contributed by atoms with Gasteiger partial charge in [-0.25, -0.2) is 4.68 Å². The number of aromatic nitrogens is 2. The third-order valence-corrected chi connectivity index (χ3v) is 3.56. The summed E-state index contributed by atoms with van der Waals surface area (Å²) in [7, 11) is 1.92. The van der Waals surface area contributed by atoms with Gasteiger partial charge in [-0.2, -0.15) is 0 Å². The van der Waals surface area contributed by atoms with Gasteiger partial charge in [0.15, 0.2) is 0 Å². The van der Waals surface area contributed by atoms with Crippen molar-refractivity contribution in [3.8, 4) is 0 Å². The molecule has 9 heteroatoms. The Morgan fingerprint density at radius 1 is 1.20 bits per heavy atom. The number of hydrogen-bond acceptors (Lipinski definition) is 4. The van der Waals surface area contributed by atoms with Crippen LogP contribution in [0.4, 0.5) is 5.69 Å². The van der Waals surface area contributed by atoms with Crippen LogP contribution in [0.2, 0.25) is 0 Å². The van der Waals surface area contributed by atoms with E-state index in [9.17, 15) is 4.79 Å². The predicted molar refractivity (Wildman–Crippen MR) is 66.8 cm³/mol. The van der Waals surface area contributed by atoms with Crippen LogP contribution in [0, 0.1) is 6.92 Å². The quantitative estimate of drug-likeness (QED) is 0.677. The van der Waals surface area contributed by atoms with E-state index in [0.717, 1.165) is 18.5 Å². The molecule has 0 amide bonds. The Hall–Kier alpha value is -1.14. The first-order chi connectivity index (χ1) is 9.13. The molecule has 0 unspecified atom stereocenters. The van der Waals surface area contributed by atoms with Crippen molar-refractivity contribution in [1.29, 1.82) is 0 Å². The van der Waals surface area contributed by atoms with Crippen molar-refractivity contribution in [3.63, 3.8) is 0 Å². The summed E-state index contributed by atoms with van der Waals surface area (Å²) in [6, 6.07) is 0.354. The van der Waals surface area contributed by atoms with Crippen molar-refractivity contribution in [1.82, 2.24) is 9.36 Å². The van der Waals surface area contributed by atoms with E-state index in [1.54, 1.807) is 0 Å². The molecule has 0 radical (unpaired) electrons. The van der Waals surface area contributed by atoms with E-state index < -0.39 is 13.6 Å². The zero-order valence-corrected chi connectivity index (χ0v) is 12.9. The standard InChI is InChI=1S/C11H19N3O.Cr.2H2O.2O/c1-8-10(12)11(15)14(13(8)2)9-6-4-3-5-7-9;;;;;/h9H,3-7,12H2,1-2H3;;2*1H2;;/q;+2;;;;/p-2. The Bertz CT molecular complexity index is 603. The summed E-state index contributed by atoms with van der Waals surface area (Å²) in [6.07, 6.45) is 5.96. The Morgan fingerprint density at radius 2 is 1.65 bits per heavy atom. The van der Waals surface area contributed by atoms with Crippen LogP contribution in [0.5, 0.6) is 0 Å². The van der Waals surface area contributed by atoms with Gasteiger partial charge in [0.2, 0.25) is 0 Å². The SMILES string of the molecule is Cc1c(N)c(=O)n(C2CCCCC2)n1C.[O]=[Cr](=[O])([OH])[OH]. The van der Waals surface area contributed by atoms with E-state index >= 15 is 0 Å². The van der Waals surface area contributed by atoms with Gasteiger partial charge in [-0.3, -0.25) is 9.48 Å². The molecule has 2 rings (SSSR count). The fourth-order valence-corrected chi connectivity index (χ4v) is 2.49. The fourth-order valence-electron chi connectivity index (χ4n) is 2.49. The van der Waals surface area contributed by atoms with E-state index in [-0.39, 0.29) is 5.56 Å². The van der Waals surface area contributed by atoms with Crippen molar-refractivity contribution in [3.05, 3.63) is 16.0 Å². The molecule has 1 aromatic rings.